The van der Waals surface area contributed by atoms with E-state index in [-0.39, 0.29) is 11.9 Å². The summed E-state index contributed by atoms with van der Waals surface area (Å²) < 4.78 is 19.1. The lowest BCUT2D eigenvalue weighted by Crippen LogP contribution is -2.24. The molecule has 0 aliphatic rings. The number of pyridine rings is 1. The second-order valence-electron chi connectivity index (χ2n) is 5.04. The molecule has 2 aromatic rings. The van der Waals surface area contributed by atoms with Gasteiger partial charge in [0.15, 0.2) is 0 Å². The number of hydrogen-bond acceptors (Lipinski definition) is 3. The molecule has 0 spiro atoms. The van der Waals surface area contributed by atoms with Crippen LogP contribution in [0.2, 0.25) is 0 Å². The van der Waals surface area contributed by atoms with Gasteiger partial charge in [0, 0.05) is 6.20 Å². The highest BCUT2D eigenvalue weighted by Gasteiger charge is 2.19. The van der Waals surface area contributed by atoms with Gasteiger partial charge in [0.05, 0.1) is 13.2 Å². The summed E-state index contributed by atoms with van der Waals surface area (Å²) in [5.74, 6) is 0.469. The molecule has 1 heterocycles. The van der Waals surface area contributed by atoms with Gasteiger partial charge < -0.3 is 10.1 Å². The number of nitrogens with zero attached hydrogens (tertiary/aromatic N) is 1. The molecule has 1 aromatic carbocycles. The molecule has 0 saturated carbocycles. The van der Waals surface area contributed by atoms with E-state index >= 15 is 0 Å². The molecule has 2 rings (SSSR count). The van der Waals surface area contributed by atoms with Crippen molar-refractivity contribution < 1.29 is 9.13 Å². The van der Waals surface area contributed by atoms with Gasteiger partial charge in [-0.25, -0.2) is 4.39 Å². The summed E-state index contributed by atoms with van der Waals surface area (Å²) in [5, 5.41) is 3.42. The smallest absolute Gasteiger partial charge is 0.142 e. The molecule has 0 bridgehead atoms. The van der Waals surface area contributed by atoms with Gasteiger partial charge in [0.1, 0.15) is 17.3 Å². The van der Waals surface area contributed by atoms with Gasteiger partial charge in [-0.3, -0.25) is 4.98 Å². The van der Waals surface area contributed by atoms with Crippen molar-refractivity contribution in [1.82, 2.24) is 10.3 Å². The fraction of sp³-hybridized carbons (Fsp3) is 0.353. The zero-order chi connectivity index (χ0) is 15.2. The van der Waals surface area contributed by atoms with E-state index in [1.807, 2.05) is 25.1 Å². The number of methoxy groups -OCH3 is 1. The topological polar surface area (TPSA) is 34.2 Å². The summed E-state index contributed by atoms with van der Waals surface area (Å²) in [6, 6.07) is 8.57. The Labute approximate surface area is 125 Å². The summed E-state index contributed by atoms with van der Waals surface area (Å²) in [5.41, 5.74) is 2.53. The Balaban J connectivity index is 2.46. The van der Waals surface area contributed by atoms with Crippen molar-refractivity contribution in [3.8, 4) is 5.75 Å². The monoisotopic (exact) mass is 288 g/mol. The van der Waals surface area contributed by atoms with Crippen LogP contribution in [0.25, 0.3) is 0 Å². The third-order valence-electron chi connectivity index (χ3n) is 3.29. The number of ether oxygens (including phenoxy) is 1. The molecule has 1 aromatic heterocycles. The van der Waals surface area contributed by atoms with Crippen molar-refractivity contribution in [3.05, 3.63) is 59.2 Å². The summed E-state index contributed by atoms with van der Waals surface area (Å²) in [4.78, 5) is 4.43. The number of aromatic nitrogens is 1. The molecule has 4 heteroatoms. The Morgan fingerprint density at radius 2 is 2.14 bits per heavy atom. The van der Waals surface area contributed by atoms with Crippen molar-refractivity contribution in [2.45, 2.75) is 26.3 Å². The molecule has 0 amide bonds. The van der Waals surface area contributed by atoms with Gasteiger partial charge in [-0.2, -0.15) is 0 Å². The molecule has 0 radical (unpaired) electrons. The number of benzene rings is 1. The number of halogens is 1. The van der Waals surface area contributed by atoms with Crippen molar-refractivity contribution in [2.24, 2.45) is 0 Å². The Kier molecular flexibility index (Phi) is 5.28. The van der Waals surface area contributed by atoms with Crippen LogP contribution >= 0.6 is 0 Å². The number of nitrogens with one attached hydrogen (secondary N) is 1. The summed E-state index contributed by atoms with van der Waals surface area (Å²) in [6.45, 7) is 4.80. The quantitative estimate of drug-likeness (QED) is 0.881. The Hall–Kier alpha value is -1.94. The standard InChI is InChI=1S/C17H21FN2O/c1-4-7-19-16(13-9-12(2)10-14(18)11-13)17-15(21-3)6-5-8-20-17/h5-6,8-11,16,19H,4,7H2,1-3H3. The van der Waals surface area contributed by atoms with Crippen molar-refractivity contribution in [3.63, 3.8) is 0 Å². The van der Waals surface area contributed by atoms with E-state index < -0.39 is 0 Å². The van der Waals surface area contributed by atoms with Crippen LogP contribution in [-0.2, 0) is 0 Å². The first-order chi connectivity index (χ1) is 10.2. The van der Waals surface area contributed by atoms with Crippen molar-refractivity contribution in [2.75, 3.05) is 13.7 Å². The van der Waals surface area contributed by atoms with Gasteiger partial charge in [-0.1, -0.05) is 13.0 Å². The van der Waals surface area contributed by atoms with Crippen molar-refractivity contribution in [1.29, 1.82) is 0 Å². The van der Waals surface area contributed by atoms with Gasteiger partial charge in [0.2, 0.25) is 0 Å². The predicted octanol–water partition coefficient (Wildman–Crippen LogP) is 3.63. The van der Waals surface area contributed by atoms with E-state index in [1.54, 1.807) is 19.4 Å². The van der Waals surface area contributed by atoms with E-state index in [9.17, 15) is 4.39 Å². The average Bonchev–Trinajstić information content (AvgIpc) is 2.47. The van der Waals surface area contributed by atoms with Gasteiger partial charge in [-0.05, 0) is 55.3 Å². The predicted molar refractivity (Wildman–Crippen MR) is 82.1 cm³/mol. The molecule has 21 heavy (non-hydrogen) atoms. The van der Waals surface area contributed by atoms with E-state index in [4.69, 9.17) is 4.74 Å². The highest BCUT2D eigenvalue weighted by Crippen LogP contribution is 2.29. The summed E-state index contributed by atoms with van der Waals surface area (Å²) in [7, 11) is 1.62. The Morgan fingerprint density at radius 3 is 2.81 bits per heavy atom. The minimum Gasteiger partial charge on any atom is -0.495 e. The number of hydrogen-bond donors (Lipinski definition) is 1. The average molecular weight is 288 g/mol. The first kappa shape index (κ1) is 15.4. The molecule has 1 atom stereocenters. The second kappa shape index (κ2) is 7.18. The summed E-state index contributed by atoms with van der Waals surface area (Å²) >= 11 is 0. The lowest BCUT2D eigenvalue weighted by molar-refractivity contribution is 0.399. The van der Waals surface area contributed by atoms with Crippen LogP contribution in [0.5, 0.6) is 5.75 Å². The largest absolute Gasteiger partial charge is 0.495 e. The zero-order valence-electron chi connectivity index (χ0n) is 12.7. The first-order valence-corrected chi connectivity index (χ1v) is 7.15. The molecule has 0 aliphatic carbocycles. The third kappa shape index (κ3) is 3.79. The van der Waals surface area contributed by atoms with Gasteiger partial charge in [-0.15, -0.1) is 0 Å². The molecule has 0 fully saturated rings. The molecule has 3 nitrogen and oxygen atoms in total. The van der Waals surface area contributed by atoms with Crippen LogP contribution in [0.15, 0.2) is 36.5 Å². The SMILES string of the molecule is CCCNC(c1cc(C)cc(F)c1)c1ncccc1OC. The minimum atomic E-state index is -0.233. The minimum absolute atomic E-state index is 0.185. The highest BCUT2D eigenvalue weighted by molar-refractivity contribution is 5.38. The van der Waals surface area contributed by atoms with E-state index in [0.29, 0.717) is 5.75 Å². The lowest BCUT2D eigenvalue weighted by atomic mass is 10.00. The third-order valence-corrected chi connectivity index (χ3v) is 3.29. The maximum atomic E-state index is 13.7. The van der Waals surface area contributed by atoms with Gasteiger partial charge >= 0.3 is 0 Å². The maximum absolute atomic E-state index is 13.7. The second-order valence-corrected chi connectivity index (χ2v) is 5.04. The Morgan fingerprint density at radius 1 is 1.33 bits per heavy atom. The maximum Gasteiger partial charge on any atom is 0.142 e. The molecule has 112 valence electrons. The zero-order valence-corrected chi connectivity index (χ0v) is 12.7. The normalized spacial score (nSPS) is 12.2. The highest BCUT2D eigenvalue weighted by atomic mass is 19.1. The molecular formula is C17H21FN2O. The fourth-order valence-electron chi connectivity index (χ4n) is 2.38. The van der Waals surface area contributed by atoms with Crippen LogP contribution in [0.1, 0.15) is 36.2 Å². The van der Waals surface area contributed by atoms with E-state index in [2.05, 4.69) is 17.2 Å². The molecular weight excluding hydrogens is 267 g/mol. The first-order valence-electron chi connectivity index (χ1n) is 7.15. The van der Waals surface area contributed by atoms with Crippen LogP contribution in [0.3, 0.4) is 0 Å². The summed E-state index contributed by atoms with van der Waals surface area (Å²) in [6.07, 6.45) is 2.71. The number of rotatable bonds is 6. The van der Waals surface area contributed by atoms with Crippen LogP contribution in [-0.4, -0.2) is 18.6 Å². The van der Waals surface area contributed by atoms with Crippen LogP contribution in [0, 0.1) is 12.7 Å². The Bertz CT molecular complexity index is 581. The van der Waals surface area contributed by atoms with Crippen molar-refractivity contribution >= 4 is 0 Å². The number of aryl methyl sites for hydroxylation is 1. The van der Waals surface area contributed by atoms with Crippen LogP contribution in [0.4, 0.5) is 4.39 Å². The van der Waals surface area contributed by atoms with E-state index in [1.165, 1.54) is 6.07 Å². The molecule has 1 unspecified atom stereocenters. The fourth-order valence-corrected chi connectivity index (χ4v) is 2.38. The molecule has 1 N–H and O–H groups in total. The molecule has 0 aliphatic heterocycles. The molecule has 0 saturated heterocycles. The lowest BCUT2D eigenvalue weighted by Gasteiger charge is -2.21. The van der Waals surface area contributed by atoms with E-state index in [0.717, 1.165) is 29.8 Å². The van der Waals surface area contributed by atoms with Crippen LogP contribution < -0.4 is 10.1 Å². The van der Waals surface area contributed by atoms with Gasteiger partial charge in [0.25, 0.3) is 0 Å².